The number of rotatable bonds is 9. The number of ether oxygens (including phenoxy) is 3. The summed E-state index contributed by atoms with van der Waals surface area (Å²) in [5.74, 6) is -1.50. The van der Waals surface area contributed by atoms with E-state index >= 15 is 0 Å². The highest BCUT2D eigenvalue weighted by Gasteiger charge is 2.35. The topological polar surface area (TPSA) is 138 Å². The van der Waals surface area contributed by atoms with E-state index in [1.807, 2.05) is 10.6 Å². The minimum absolute atomic E-state index is 0.0104. The number of carbonyl (C=O) groups is 2. The van der Waals surface area contributed by atoms with Gasteiger partial charge in [-0.25, -0.2) is 4.79 Å². The lowest BCUT2D eigenvalue weighted by molar-refractivity contribution is -0.143. The normalized spacial score (nSPS) is 18.7. The molecule has 216 valence electrons. The maximum atomic E-state index is 12.9. The number of pyridine rings is 1. The van der Waals surface area contributed by atoms with Gasteiger partial charge in [0.15, 0.2) is 12.4 Å². The molecule has 2 aliphatic rings. The third-order valence-corrected chi connectivity index (χ3v) is 7.69. The first-order valence-corrected chi connectivity index (χ1v) is 13.4. The molecule has 1 saturated heterocycles. The molecule has 1 N–H and O–H groups in total. The molecule has 4 heterocycles. The molecule has 2 aromatic heterocycles. The van der Waals surface area contributed by atoms with Crippen molar-refractivity contribution in [2.75, 3.05) is 33.9 Å². The fraction of sp³-hybridized carbons (Fsp3) is 0.400. The van der Waals surface area contributed by atoms with Crippen LogP contribution in [0.3, 0.4) is 0 Å². The van der Waals surface area contributed by atoms with Crippen LogP contribution in [0.1, 0.15) is 47.5 Å². The van der Waals surface area contributed by atoms with Gasteiger partial charge in [0.25, 0.3) is 5.56 Å². The van der Waals surface area contributed by atoms with E-state index in [1.54, 1.807) is 36.4 Å². The zero-order valence-corrected chi connectivity index (χ0v) is 22.9. The molecule has 11 heteroatoms. The molecule has 0 amide bonds. The van der Waals surface area contributed by atoms with Gasteiger partial charge in [0, 0.05) is 43.4 Å². The smallest absolute Gasteiger partial charge is 0.343 e. The number of esters is 2. The van der Waals surface area contributed by atoms with Crippen molar-refractivity contribution in [2.24, 2.45) is 5.92 Å². The Labute approximate surface area is 235 Å². The molecule has 0 radical (unpaired) electrons. The Morgan fingerprint density at radius 1 is 1.02 bits per heavy atom. The van der Waals surface area contributed by atoms with Crippen LogP contribution < -0.4 is 15.7 Å². The van der Waals surface area contributed by atoms with Crippen molar-refractivity contribution in [3.05, 3.63) is 91.9 Å². The van der Waals surface area contributed by atoms with Crippen molar-refractivity contribution >= 4 is 11.9 Å². The number of carbonyl (C=O) groups excluding carboxylic acids is 2. The molecule has 1 fully saturated rings. The van der Waals surface area contributed by atoms with Gasteiger partial charge in [-0.1, -0.05) is 18.2 Å². The molecule has 0 unspecified atom stereocenters. The number of aromatic nitrogens is 1. The number of hydrogen-bond donors (Lipinski definition) is 1. The zero-order valence-electron chi connectivity index (χ0n) is 22.9. The van der Waals surface area contributed by atoms with Gasteiger partial charge in [-0.15, -0.1) is 0 Å². The maximum Gasteiger partial charge on any atom is 0.343 e. The van der Waals surface area contributed by atoms with E-state index in [2.05, 4.69) is 9.64 Å². The molecule has 3 atom stereocenters. The van der Waals surface area contributed by atoms with E-state index in [9.17, 15) is 24.3 Å². The third kappa shape index (κ3) is 6.19. The van der Waals surface area contributed by atoms with Crippen LogP contribution in [0, 0.1) is 5.92 Å². The highest BCUT2D eigenvalue weighted by atomic mass is 16.6. The van der Waals surface area contributed by atoms with E-state index in [4.69, 9.17) is 13.9 Å². The first-order chi connectivity index (χ1) is 19.7. The van der Waals surface area contributed by atoms with Crippen LogP contribution in [0.5, 0.6) is 11.5 Å². The molecule has 1 aromatic carbocycles. The predicted molar refractivity (Wildman–Crippen MR) is 146 cm³/mol. The molecule has 11 nitrogen and oxygen atoms in total. The van der Waals surface area contributed by atoms with Gasteiger partial charge < -0.3 is 28.3 Å². The average molecular weight is 565 g/mol. The number of methoxy groups -OCH3 is 2. The first kappa shape index (κ1) is 28.2. The van der Waals surface area contributed by atoms with Gasteiger partial charge in [0.2, 0.25) is 11.2 Å². The molecular weight excluding hydrogens is 532 g/mol. The Morgan fingerprint density at radius 3 is 2.59 bits per heavy atom. The van der Waals surface area contributed by atoms with Crippen LogP contribution in [0.4, 0.5) is 0 Å². The third-order valence-electron chi connectivity index (χ3n) is 7.69. The van der Waals surface area contributed by atoms with Crippen molar-refractivity contribution in [3.8, 4) is 11.5 Å². The summed E-state index contributed by atoms with van der Waals surface area (Å²) in [4.78, 5) is 51.4. The predicted octanol–water partition coefficient (Wildman–Crippen LogP) is 2.37. The van der Waals surface area contributed by atoms with E-state index in [0.29, 0.717) is 36.7 Å². The minimum atomic E-state index is -0.865. The number of piperidine rings is 1. The zero-order chi connectivity index (χ0) is 29.1. The van der Waals surface area contributed by atoms with Crippen molar-refractivity contribution in [1.82, 2.24) is 9.47 Å². The van der Waals surface area contributed by atoms with Crippen LogP contribution >= 0.6 is 0 Å². The lowest BCUT2D eigenvalue weighted by Crippen LogP contribution is -2.46. The Hall–Kier alpha value is -4.38. The highest BCUT2D eigenvalue weighted by Crippen LogP contribution is 2.37. The van der Waals surface area contributed by atoms with Gasteiger partial charge in [-0.3, -0.25) is 19.3 Å². The van der Waals surface area contributed by atoms with Crippen molar-refractivity contribution in [1.29, 1.82) is 0 Å². The number of benzene rings is 1. The molecule has 0 aliphatic carbocycles. The molecule has 0 saturated carbocycles. The lowest BCUT2D eigenvalue weighted by atomic mass is 9.83. The molecule has 2 aliphatic heterocycles. The summed E-state index contributed by atoms with van der Waals surface area (Å²) in [5.41, 5.74) is 0.918. The van der Waals surface area contributed by atoms with Crippen LogP contribution in [-0.4, -0.2) is 60.4 Å². The number of hydrogen-bond acceptors (Lipinski definition) is 10. The Bertz CT molecular complexity index is 1560. The second-order valence-corrected chi connectivity index (χ2v) is 10.5. The molecule has 5 rings (SSSR count). The summed E-state index contributed by atoms with van der Waals surface area (Å²) in [5, 5.41) is 10.8. The van der Waals surface area contributed by atoms with Gasteiger partial charge in [-0.2, -0.15) is 0 Å². The Kier molecular flexibility index (Phi) is 8.25. The Morgan fingerprint density at radius 2 is 1.80 bits per heavy atom. The monoisotopic (exact) mass is 564 g/mol. The van der Waals surface area contributed by atoms with Gasteiger partial charge in [0.05, 0.1) is 33.1 Å². The molecule has 3 aromatic rings. The highest BCUT2D eigenvalue weighted by molar-refractivity contribution is 5.72. The first-order valence-electron chi connectivity index (χ1n) is 13.4. The van der Waals surface area contributed by atoms with E-state index < -0.39 is 29.0 Å². The summed E-state index contributed by atoms with van der Waals surface area (Å²) in [6, 6.07) is 13.2. The summed E-state index contributed by atoms with van der Waals surface area (Å²) in [6.45, 7) is 2.06. The second-order valence-electron chi connectivity index (χ2n) is 10.5. The van der Waals surface area contributed by atoms with Crippen LogP contribution in [-0.2, 0) is 32.2 Å². The number of aromatic hydroxyl groups is 1. The standard InChI is InChI=1S/C30H32N2O9/c1-38-27(35)12-23(19-5-3-6-21(10-19)40-17-28(36)39-2)30-29(37)25(33)11-22(41-30)16-31-13-18-9-20(15-31)24-7-4-8-26(34)32(24)14-18/h3-8,10-11,18,20,23,37H,9,12-17H2,1-2H3/t18-,20+,23-/m0/s1. The van der Waals surface area contributed by atoms with Gasteiger partial charge in [-0.05, 0) is 36.1 Å². The number of likely N-dealkylation sites (tertiary alicyclic amines) is 1. The van der Waals surface area contributed by atoms with Crippen LogP contribution in [0.15, 0.2) is 62.5 Å². The Balaban J connectivity index is 1.43. The average Bonchev–Trinajstić information content (AvgIpc) is 2.97. The quantitative estimate of drug-likeness (QED) is 0.386. The summed E-state index contributed by atoms with van der Waals surface area (Å²) in [6.07, 6.45) is 0.774. The van der Waals surface area contributed by atoms with Crippen LogP contribution in [0.2, 0.25) is 0 Å². The number of nitrogens with zero attached hydrogens (tertiary/aromatic N) is 2. The largest absolute Gasteiger partial charge is 0.502 e. The minimum Gasteiger partial charge on any atom is -0.502 e. The molecule has 0 spiro atoms. The van der Waals surface area contributed by atoms with E-state index in [1.165, 1.54) is 20.3 Å². The van der Waals surface area contributed by atoms with E-state index in [0.717, 1.165) is 18.7 Å². The lowest BCUT2D eigenvalue weighted by Gasteiger charge is -2.42. The fourth-order valence-corrected chi connectivity index (χ4v) is 5.85. The van der Waals surface area contributed by atoms with Gasteiger partial charge in [0.1, 0.15) is 11.5 Å². The SMILES string of the molecule is COC(=O)COc1cccc([C@H](CC(=O)OC)c2oc(CN3C[C@@H]4C[C@H](C3)c3cccc(=O)n3C4)cc(=O)c2O)c1. The van der Waals surface area contributed by atoms with Crippen molar-refractivity contribution < 1.29 is 33.3 Å². The van der Waals surface area contributed by atoms with E-state index in [-0.39, 0.29) is 36.2 Å². The summed E-state index contributed by atoms with van der Waals surface area (Å²) in [7, 11) is 2.50. The summed E-state index contributed by atoms with van der Waals surface area (Å²) < 4.78 is 23.0. The molecule has 2 bridgehead atoms. The fourth-order valence-electron chi connectivity index (χ4n) is 5.85. The van der Waals surface area contributed by atoms with Crippen LogP contribution in [0.25, 0.3) is 0 Å². The number of fused-ring (bicyclic) bond motifs is 4. The van der Waals surface area contributed by atoms with Gasteiger partial charge >= 0.3 is 11.9 Å². The maximum absolute atomic E-state index is 12.9. The second kappa shape index (κ2) is 12.0. The molecule has 41 heavy (non-hydrogen) atoms. The van der Waals surface area contributed by atoms with Crippen molar-refractivity contribution in [2.45, 2.75) is 37.8 Å². The van der Waals surface area contributed by atoms with Crippen molar-refractivity contribution in [3.63, 3.8) is 0 Å². The molecular formula is C30H32N2O9. The summed E-state index contributed by atoms with van der Waals surface area (Å²) >= 11 is 0.